The van der Waals surface area contributed by atoms with Crippen molar-refractivity contribution in [2.45, 2.75) is 0 Å². The molecule has 1 heterocycles. The fraction of sp³-hybridized carbons (Fsp3) is 0.0714. The zero-order chi connectivity index (χ0) is 13.5. The molecule has 0 unspecified atom stereocenters. The van der Waals surface area contributed by atoms with E-state index in [9.17, 15) is 9.59 Å². The van der Waals surface area contributed by atoms with Gasteiger partial charge in [0, 0.05) is 18.1 Å². The van der Waals surface area contributed by atoms with E-state index in [0.717, 1.165) is 0 Å². The molecule has 0 bridgehead atoms. The molecule has 0 saturated carbocycles. The first-order valence-corrected chi connectivity index (χ1v) is 5.79. The van der Waals surface area contributed by atoms with Crippen molar-refractivity contribution in [2.75, 3.05) is 11.9 Å². The van der Waals surface area contributed by atoms with Gasteiger partial charge >= 0.3 is 0 Å². The van der Waals surface area contributed by atoms with Crippen LogP contribution >= 0.6 is 0 Å². The number of carbonyl (C=O) groups is 2. The molecular weight excluding hydrogens is 242 g/mol. The fourth-order valence-electron chi connectivity index (χ4n) is 1.49. The van der Waals surface area contributed by atoms with E-state index in [1.807, 2.05) is 18.2 Å². The van der Waals surface area contributed by atoms with Crippen LogP contribution in [-0.4, -0.2) is 23.3 Å². The number of para-hydroxylation sites is 1. The van der Waals surface area contributed by atoms with Crippen molar-refractivity contribution in [3.8, 4) is 0 Å². The second-order valence-corrected chi connectivity index (χ2v) is 3.84. The first-order valence-electron chi connectivity index (χ1n) is 5.79. The Morgan fingerprint density at radius 1 is 1.05 bits per heavy atom. The van der Waals surface area contributed by atoms with E-state index in [0.29, 0.717) is 11.3 Å². The van der Waals surface area contributed by atoms with Crippen molar-refractivity contribution >= 4 is 17.5 Å². The maximum atomic E-state index is 11.7. The monoisotopic (exact) mass is 255 g/mol. The Labute approximate surface area is 110 Å². The third-order valence-electron chi connectivity index (χ3n) is 2.39. The zero-order valence-electron chi connectivity index (χ0n) is 10.2. The van der Waals surface area contributed by atoms with Crippen LogP contribution in [0, 0.1) is 0 Å². The van der Waals surface area contributed by atoms with Gasteiger partial charge in [0.25, 0.3) is 5.91 Å². The molecule has 5 heteroatoms. The summed E-state index contributed by atoms with van der Waals surface area (Å²) in [6.45, 7) is -0.0807. The Morgan fingerprint density at radius 3 is 2.53 bits per heavy atom. The molecule has 0 fully saturated rings. The first kappa shape index (κ1) is 12.8. The number of amides is 2. The number of benzene rings is 1. The van der Waals surface area contributed by atoms with Crippen LogP contribution in [0.4, 0.5) is 5.69 Å². The smallest absolute Gasteiger partial charge is 0.253 e. The van der Waals surface area contributed by atoms with Gasteiger partial charge in [0.2, 0.25) is 5.91 Å². The van der Waals surface area contributed by atoms with Crippen molar-refractivity contribution < 1.29 is 9.59 Å². The van der Waals surface area contributed by atoms with Gasteiger partial charge in [-0.25, -0.2) is 0 Å². The number of pyridine rings is 1. The molecule has 0 atom stereocenters. The maximum Gasteiger partial charge on any atom is 0.253 e. The molecule has 2 aromatic rings. The van der Waals surface area contributed by atoms with Crippen LogP contribution in [-0.2, 0) is 4.79 Å². The van der Waals surface area contributed by atoms with Crippen LogP contribution in [0.15, 0.2) is 54.9 Å². The number of nitrogens with zero attached hydrogens (tertiary/aromatic N) is 1. The lowest BCUT2D eigenvalue weighted by molar-refractivity contribution is -0.115. The summed E-state index contributed by atoms with van der Waals surface area (Å²) in [4.78, 5) is 27.1. The van der Waals surface area contributed by atoms with Crippen molar-refractivity contribution in [2.24, 2.45) is 0 Å². The average Bonchev–Trinajstić information content (AvgIpc) is 2.47. The number of hydrogen-bond acceptors (Lipinski definition) is 3. The molecule has 0 aliphatic carbocycles. The van der Waals surface area contributed by atoms with Gasteiger partial charge in [-0.1, -0.05) is 18.2 Å². The number of rotatable bonds is 4. The van der Waals surface area contributed by atoms with E-state index in [-0.39, 0.29) is 18.4 Å². The normalized spacial score (nSPS) is 9.68. The van der Waals surface area contributed by atoms with Gasteiger partial charge in [-0.15, -0.1) is 0 Å². The molecule has 0 aliphatic heterocycles. The van der Waals surface area contributed by atoms with E-state index < -0.39 is 0 Å². The van der Waals surface area contributed by atoms with Crippen molar-refractivity contribution in [3.63, 3.8) is 0 Å². The van der Waals surface area contributed by atoms with Gasteiger partial charge in [0.15, 0.2) is 0 Å². The maximum absolute atomic E-state index is 11.7. The third-order valence-corrected chi connectivity index (χ3v) is 2.39. The molecule has 1 aromatic heterocycles. The number of aromatic nitrogens is 1. The second-order valence-electron chi connectivity index (χ2n) is 3.84. The molecule has 2 amide bonds. The zero-order valence-corrected chi connectivity index (χ0v) is 10.2. The standard InChI is InChI=1S/C14H13N3O2/c18-13(17-12-6-2-1-3-7-12)10-16-14(19)11-5-4-8-15-9-11/h1-9H,10H2,(H,16,19)(H,17,18). The predicted octanol–water partition coefficient (Wildman–Crippen LogP) is 1.45. The summed E-state index contributed by atoms with van der Waals surface area (Å²) < 4.78 is 0. The largest absolute Gasteiger partial charge is 0.343 e. The summed E-state index contributed by atoms with van der Waals surface area (Å²) >= 11 is 0. The lowest BCUT2D eigenvalue weighted by Crippen LogP contribution is -2.32. The van der Waals surface area contributed by atoms with Gasteiger partial charge in [-0.05, 0) is 24.3 Å². The number of carbonyl (C=O) groups excluding carboxylic acids is 2. The van der Waals surface area contributed by atoms with E-state index >= 15 is 0 Å². The molecule has 0 aliphatic rings. The molecule has 96 valence electrons. The lowest BCUT2D eigenvalue weighted by atomic mass is 10.2. The SMILES string of the molecule is O=C(CNC(=O)c1cccnc1)Nc1ccccc1. The van der Waals surface area contributed by atoms with E-state index in [1.54, 1.807) is 30.5 Å². The van der Waals surface area contributed by atoms with Crippen LogP contribution in [0.1, 0.15) is 10.4 Å². The van der Waals surface area contributed by atoms with Crippen LogP contribution < -0.4 is 10.6 Å². The third kappa shape index (κ3) is 3.92. The van der Waals surface area contributed by atoms with Crippen LogP contribution in [0.2, 0.25) is 0 Å². The summed E-state index contributed by atoms with van der Waals surface area (Å²) in [5, 5.41) is 5.21. The summed E-state index contributed by atoms with van der Waals surface area (Å²) in [5.74, 6) is -0.597. The van der Waals surface area contributed by atoms with Gasteiger partial charge in [0.1, 0.15) is 0 Å². The Morgan fingerprint density at radius 2 is 1.84 bits per heavy atom. The van der Waals surface area contributed by atoms with Crippen LogP contribution in [0.3, 0.4) is 0 Å². The van der Waals surface area contributed by atoms with E-state index in [2.05, 4.69) is 15.6 Å². The minimum atomic E-state index is -0.323. The van der Waals surface area contributed by atoms with Crippen molar-refractivity contribution in [1.82, 2.24) is 10.3 Å². The molecule has 0 saturated heterocycles. The molecule has 2 N–H and O–H groups in total. The molecule has 19 heavy (non-hydrogen) atoms. The molecule has 0 spiro atoms. The first-order chi connectivity index (χ1) is 9.25. The summed E-state index contributed by atoms with van der Waals surface area (Å²) in [6, 6.07) is 12.4. The Bertz CT molecular complexity index is 555. The van der Waals surface area contributed by atoms with Crippen LogP contribution in [0.5, 0.6) is 0 Å². The fourth-order valence-corrected chi connectivity index (χ4v) is 1.49. The van der Waals surface area contributed by atoms with Crippen LogP contribution in [0.25, 0.3) is 0 Å². The van der Waals surface area contributed by atoms with E-state index in [1.165, 1.54) is 6.20 Å². The van der Waals surface area contributed by atoms with Gasteiger partial charge in [-0.2, -0.15) is 0 Å². The average molecular weight is 255 g/mol. The van der Waals surface area contributed by atoms with Gasteiger partial charge < -0.3 is 10.6 Å². The Balaban J connectivity index is 1.83. The van der Waals surface area contributed by atoms with E-state index in [4.69, 9.17) is 0 Å². The van der Waals surface area contributed by atoms with Gasteiger partial charge in [-0.3, -0.25) is 14.6 Å². The summed E-state index contributed by atoms with van der Waals surface area (Å²) in [6.07, 6.45) is 3.03. The quantitative estimate of drug-likeness (QED) is 0.868. The Kier molecular flexibility index (Phi) is 4.23. The highest BCUT2D eigenvalue weighted by Gasteiger charge is 2.07. The molecule has 1 aromatic carbocycles. The summed E-state index contributed by atoms with van der Waals surface area (Å²) in [5.41, 5.74) is 1.12. The number of nitrogens with one attached hydrogen (secondary N) is 2. The molecule has 0 radical (unpaired) electrons. The minimum Gasteiger partial charge on any atom is -0.343 e. The predicted molar refractivity (Wildman–Crippen MR) is 71.6 cm³/mol. The Hall–Kier alpha value is -2.69. The molecule has 2 rings (SSSR count). The highest BCUT2D eigenvalue weighted by Crippen LogP contribution is 2.04. The molecular formula is C14H13N3O2. The second kappa shape index (κ2) is 6.30. The summed E-state index contributed by atoms with van der Waals surface area (Å²) in [7, 11) is 0. The highest BCUT2D eigenvalue weighted by molar-refractivity contribution is 5.99. The van der Waals surface area contributed by atoms with Gasteiger partial charge in [0.05, 0.1) is 12.1 Å². The lowest BCUT2D eigenvalue weighted by Gasteiger charge is -2.06. The number of anilines is 1. The number of hydrogen-bond donors (Lipinski definition) is 2. The minimum absolute atomic E-state index is 0.0807. The topological polar surface area (TPSA) is 71.1 Å². The molecule has 5 nitrogen and oxygen atoms in total. The van der Waals surface area contributed by atoms with Crippen molar-refractivity contribution in [3.05, 3.63) is 60.4 Å². The highest BCUT2D eigenvalue weighted by atomic mass is 16.2. The van der Waals surface area contributed by atoms with Crippen molar-refractivity contribution in [1.29, 1.82) is 0 Å².